The fourth-order valence-corrected chi connectivity index (χ4v) is 1.47. The van der Waals surface area contributed by atoms with Gasteiger partial charge in [-0.25, -0.2) is 4.79 Å². The lowest BCUT2D eigenvalue weighted by Crippen LogP contribution is -2.30. The molecule has 0 aliphatic heterocycles. The molecule has 0 aliphatic rings. The summed E-state index contributed by atoms with van der Waals surface area (Å²) in [4.78, 5) is 21.8. The lowest BCUT2D eigenvalue weighted by Gasteiger charge is -2.14. The summed E-state index contributed by atoms with van der Waals surface area (Å²) >= 11 is 0. The summed E-state index contributed by atoms with van der Waals surface area (Å²) in [7, 11) is 0. The van der Waals surface area contributed by atoms with Crippen LogP contribution in [0.5, 0.6) is 5.75 Å². The largest absolute Gasteiger partial charge is 0.491 e. The van der Waals surface area contributed by atoms with Crippen LogP contribution in [-0.2, 0) is 4.79 Å². The number of hydrogen-bond acceptors (Lipinski definition) is 4. The Balaban J connectivity index is 2.94. The van der Waals surface area contributed by atoms with E-state index >= 15 is 0 Å². The number of amides is 1. The van der Waals surface area contributed by atoms with Gasteiger partial charge in [-0.3, -0.25) is 4.79 Å². The number of carbonyl (C=O) groups is 2. The molecule has 1 rings (SSSR count). The Hall–Kier alpha value is -2.29. The van der Waals surface area contributed by atoms with E-state index < -0.39 is 18.1 Å². The van der Waals surface area contributed by atoms with Crippen molar-refractivity contribution in [2.75, 3.05) is 18.5 Å². The van der Waals surface area contributed by atoms with Gasteiger partial charge in [0.1, 0.15) is 5.75 Å². The first-order chi connectivity index (χ1) is 10.3. The molecular weight excluding hydrogens is 307 g/mol. The van der Waals surface area contributed by atoms with E-state index in [2.05, 4.69) is 0 Å². The first-order valence-corrected chi connectivity index (χ1v) is 6.25. The quantitative estimate of drug-likeness (QED) is 0.668. The molecule has 1 amide bonds. The average molecular weight is 321 g/mol. The minimum atomic E-state index is -5.07. The number of benzene rings is 1. The number of rotatable bonds is 7. The number of ether oxygens (including phenoxy) is 1. The number of anilines is 1. The molecule has 1 aromatic rings. The molecule has 0 saturated carbocycles. The number of unbranched alkanes of at least 4 members (excludes halogenated alkanes) is 1. The zero-order chi connectivity index (χ0) is 16.8. The molecule has 0 saturated heterocycles. The van der Waals surface area contributed by atoms with Crippen LogP contribution in [0.3, 0.4) is 0 Å². The molecule has 0 fully saturated rings. The summed E-state index contributed by atoms with van der Waals surface area (Å²) in [5.74, 6) is -3.65. The zero-order valence-electron chi connectivity index (χ0n) is 11.3. The van der Waals surface area contributed by atoms with Gasteiger partial charge in [0.2, 0.25) is 0 Å². The van der Waals surface area contributed by atoms with Crippen LogP contribution in [0.1, 0.15) is 23.2 Å². The van der Waals surface area contributed by atoms with Crippen LogP contribution in [0, 0.1) is 0 Å². The Kier molecular flexibility index (Phi) is 6.17. The third kappa shape index (κ3) is 5.24. The van der Waals surface area contributed by atoms with Crippen LogP contribution in [0.2, 0.25) is 0 Å². The van der Waals surface area contributed by atoms with E-state index in [1.807, 2.05) is 0 Å². The number of carbonyl (C=O) groups excluding carboxylic acids is 1. The number of alkyl halides is 3. The van der Waals surface area contributed by atoms with Gasteiger partial charge in [-0.1, -0.05) is 0 Å². The van der Waals surface area contributed by atoms with E-state index in [0.29, 0.717) is 12.8 Å². The highest BCUT2D eigenvalue weighted by molar-refractivity contribution is 5.97. The Morgan fingerprint density at radius 1 is 1.23 bits per heavy atom. The normalized spacial score (nSPS) is 11.1. The second-order valence-corrected chi connectivity index (χ2v) is 4.25. The van der Waals surface area contributed by atoms with Crippen molar-refractivity contribution in [3.05, 3.63) is 23.8 Å². The van der Waals surface area contributed by atoms with E-state index in [1.54, 1.807) is 5.32 Å². The van der Waals surface area contributed by atoms with Crippen LogP contribution >= 0.6 is 0 Å². The number of aliphatic hydroxyl groups excluding tert-OH is 1. The van der Waals surface area contributed by atoms with Crippen molar-refractivity contribution >= 4 is 17.6 Å². The van der Waals surface area contributed by atoms with Gasteiger partial charge in [-0.05, 0) is 31.0 Å². The van der Waals surface area contributed by atoms with Gasteiger partial charge in [0.05, 0.1) is 17.9 Å². The Morgan fingerprint density at radius 2 is 1.91 bits per heavy atom. The summed E-state index contributed by atoms with van der Waals surface area (Å²) in [6.07, 6.45) is -4.23. The van der Waals surface area contributed by atoms with Crippen LogP contribution < -0.4 is 10.1 Å². The van der Waals surface area contributed by atoms with Gasteiger partial charge < -0.3 is 20.3 Å². The predicted octanol–water partition coefficient (Wildman–Crippen LogP) is 2.04. The second kappa shape index (κ2) is 7.64. The Labute approximate surface area is 123 Å². The molecule has 0 spiro atoms. The maximum absolute atomic E-state index is 12.3. The second-order valence-electron chi connectivity index (χ2n) is 4.25. The molecule has 0 unspecified atom stereocenters. The third-order valence-corrected chi connectivity index (χ3v) is 2.54. The molecule has 0 heterocycles. The highest BCUT2D eigenvalue weighted by atomic mass is 19.4. The molecule has 9 heteroatoms. The number of halogens is 3. The molecule has 6 nitrogen and oxygen atoms in total. The molecule has 3 N–H and O–H groups in total. The van der Waals surface area contributed by atoms with E-state index in [0.717, 1.165) is 18.2 Å². The number of aromatic carboxylic acids is 1. The van der Waals surface area contributed by atoms with Crippen molar-refractivity contribution in [1.29, 1.82) is 0 Å². The molecule has 0 radical (unpaired) electrons. The molecule has 1 aromatic carbocycles. The topological polar surface area (TPSA) is 95.9 Å². The zero-order valence-corrected chi connectivity index (χ0v) is 11.3. The molecule has 122 valence electrons. The van der Waals surface area contributed by atoms with E-state index in [9.17, 15) is 22.8 Å². The van der Waals surface area contributed by atoms with Gasteiger partial charge >= 0.3 is 18.1 Å². The smallest absolute Gasteiger partial charge is 0.471 e. The number of hydrogen-bond donors (Lipinski definition) is 3. The number of nitrogens with one attached hydrogen (secondary N) is 1. The van der Waals surface area contributed by atoms with Crippen LogP contribution in [-0.4, -0.2) is 41.5 Å². The van der Waals surface area contributed by atoms with Gasteiger partial charge in [0.15, 0.2) is 0 Å². The van der Waals surface area contributed by atoms with Gasteiger partial charge in [0, 0.05) is 6.61 Å². The van der Waals surface area contributed by atoms with Crippen LogP contribution in [0.15, 0.2) is 18.2 Å². The highest BCUT2D eigenvalue weighted by Gasteiger charge is 2.39. The summed E-state index contributed by atoms with van der Waals surface area (Å²) in [6, 6.07) is 3.09. The Bertz CT molecular complexity index is 545. The third-order valence-electron chi connectivity index (χ3n) is 2.54. The predicted molar refractivity (Wildman–Crippen MR) is 69.9 cm³/mol. The average Bonchev–Trinajstić information content (AvgIpc) is 2.43. The van der Waals surface area contributed by atoms with E-state index in [1.165, 1.54) is 0 Å². The van der Waals surface area contributed by atoms with Crippen molar-refractivity contribution < 1.29 is 37.7 Å². The van der Waals surface area contributed by atoms with Gasteiger partial charge in [0.25, 0.3) is 0 Å². The fraction of sp³-hybridized carbons (Fsp3) is 0.385. The standard InChI is InChI=1S/C13H14F3NO5/c14-13(15,16)12(21)17-9-4-3-8(11(19)20)7-10(9)22-6-2-1-5-18/h3-4,7,18H,1-2,5-6H2,(H,17,21)(H,19,20). The lowest BCUT2D eigenvalue weighted by atomic mass is 10.2. The highest BCUT2D eigenvalue weighted by Crippen LogP contribution is 2.28. The van der Waals surface area contributed by atoms with Crippen LogP contribution in [0.4, 0.5) is 18.9 Å². The van der Waals surface area contributed by atoms with Crippen molar-refractivity contribution in [2.24, 2.45) is 0 Å². The molecule has 22 heavy (non-hydrogen) atoms. The molecule has 0 aliphatic carbocycles. The summed E-state index contributed by atoms with van der Waals surface area (Å²) in [5, 5.41) is 19.1. The van der Waals surface area contributed by atoms with Gasteiger partial charge in [-0.2, -0.15) is 13.2 Å². The summed E-state index contributed by atoms with van der Waals surface area (Å²) < 4.78 is 41.9. The van der Waals surface area contributed by atoms with Crippen molar-refractivity contribution in [3.8, 4) is 5.75 Å². The molecular formula is C13H14F3NO5. The van der Waals surface area contributed by atoms with E-state index in [4.69, 9.17) is 14.9 Å². The van der Waals surface area contributed by atoms with Gasteiger partial charge in [-0.15, -0.1) is 0 Å². The SMILES string of the molecule is O=C(O)c1ccc(NC(=O)C(F)(F)F)c(OCCCCO)c1. The maximum Gasteiger partial charge on any atom is 0.471 e. The molecule has 0 aromatic heterocycles. The number of carboxylic acids is 1. The molecule has 0 atom stereocenters. The minimum absolute atomic E-state index is 0.0541. The number of carboxylic acid groups (broad SMARTS) is 1. The van der Waals surface area contributed by atoms with E-state index in [-0.39, 0.29) is 30.2 Å². The molecule has 0 bridgehead atoms. The fourth-order valence-electron chi connectivity index (χ4n) is 1.47. The first kappa shape index (κ1) is 17.8. The monoisotopic (exact) mass is 321 g/mol. The van der Waals surface area contributed by atoms with Crippen molar-refractivity contribution in [2.45, 2.75) is 19.0 Å². The number of aliphatic hydroxyl groups is 1. The van der Waals surface area contributed by atoms with Crippen LogP contribution in [0.25, 0.3) is 0 Å². The summed E-state index contributed by atoms with van der Waals surface area (Å²) in [5.41, 5.74) is -0.474. The Morgan fingerprint density at radius 3 is 2.45 bits per heavy atom. The van der Waals surface area contributed by atoms with Crippen molar-refractivity contribution in [1.82, 2.24) is 0 Å². The van der Waals surface area contributed by atoms with Crippen molar-refractivity contribution in [3.63, 3.8) is 0 Å². The minimum Gasteiger partial charge on any atom is -0.491 e. The first-order valence-electron chi connectivity index (χ1n) is 6.25. The lowest BCUT2D eigenvalue weighted by molar-refractivity contribution is -0.167. The maximum atomic E-state index is 12.3. The summed E-state index contributed by atoms with van der Waals surface area (Å²) in [6.45, 7) is -0.0191.